The van der Waals surface area contributed by atoms with Crippen molar-refractivity contribution in [3.63, 3.8) is 0 Å². The van der Waals surface area contributed by atoms with E-state index >= 15 is 0 Å². The Morgan fingerprint density at radius 3 is 2.70 bits per heavy atom. The van der Waals surface area contributed by atoms with Crippen molar-refractivity contribution in [1.82, 2.24) is 30.0 Å². The fourth-order valence-electron chi connectivity index (χ4n) is 4.62. The molecule has 8 heteroatoms. The van der Waals surface area contributed by atoms with E-state index in [1.165, 1.54) is 5.56 Å². The maximum Gasteiger partial charge on any atom is 0.250 e. The van der Waals surface area contributed by atoms with Gasteiger partial charge >= 0.3 is 0 Å². The molecule has 1 aromatic carbocycles. The number of aromatic amines is 2. The van der Waals surface area contributed by atoms with E-state index in [9.17, 15) is 4.79 Å². The SMILES string of the molecule is C[C@@H]1CN(c2cc(=O)[nH]c3c[nH]nc23)[C@@H](C)CN1[C@@H](C)c1ccc2nccnc2c1. The maximum absolute atomic E-state index is 12.2. The van der Waals surface area contributed by atoms with Gasteiger partial charge in [0.25, 0.3) is 5.56 Å². The Kier molecular flexibility index (Phi) is 4.51. The number of H-pyrrole nitrogens is 2. The quantitative estimate of drug-likeness (QED) is 0.546. The van der Waals surface area contributed by atoms with Crippen LogP contribution in [0.4, 0.5) is 5.69 Å². The predicted molar refractivity (Wildman–Crippen MR) is 118 cm³/mol. The Morgan fingerprint density at radius 2 is 1.87 bits per heavy atom. The van der Waals surface area contributed by atoms with Gasteiger partial charge < -0.3 is 9.88 Å². The number of nitrogens with one attached hydrogen (secondary N) is 2. The average Bonchev–Trinajstić information content (AvgIpc) is 3.22. The molecular weight excluding hydrogens is 378 g/mol. The highest BCUT2D eigenvalue weighted by Gasteiger charge is 2.33. The van der Waals surface area contributed by atoms with Gasteiger partial charge in [0.05, 0.1) is 22.2 Å². The van der Waals surface area contributed by atoms with Crippen LogP contribution in [0.15, 0.2) is 47.7 Å². The molecule has 1 aliphatic heterocycles. The Balaban J connectivity index is 1.43. The monoisotopic (exact) mass is 403 g/mol. The molecule has 0 spiro atoms. The minimum absolute atomic E-state index is 0.105. The number of nitrogens with zero attached hydrogens (tertiary/aromatic N) is 5. The molecule has 30 heavy (non-hydrogen) atoms. The van der Waals surface area contributed by atoms with Crippen LogP contribution >= 0.6 is 0 Å². The van der Waals surface area contributed by atoms with Crippen LogP contribution in [0.25, 0.3) is 22.1 Å². The van der Waals surface area contributed by atoms with E-state index in [4.69, 9.17) is 0 Å². The molecule has 3 atom stereocenters. The van der Waals surface area contributed by atoms with Crippen LogP contribution < -0.4 is 10.5 Å². The van der Waals surface area contributed by atoms with Crippen LogP contribution in [0.3, 0.4) is 0 Å². The van der Waals surface area contributed by atoms with Gasteiger partial charge in [-0.15, -0.1) is 0 Å². The summed E-state index contributed by atoms with van der Waals surface area (Å²) in [6.07, 6.45) is 5.19. The molecule has 5 rings (SSSR count). The summed E-state index contributed by atoms with van der Waals surface area (Å²) in [6, 6.07) is 8.79. The van der Waals surface area contributed by atoms with Gasteiger partial charge in [0.15, 0.2) is 0 Å². The fraction of sp³-hybridized carbons (Fsp3) is 0.364. The van der Waals surface area contributed by atoms with Crippen molar-refractivity contribution in [1.29, 1.82) is 0 Å². The number of rotatable bonds is 3. The van der Waals surface area contributed by atoms with Crippen molar-refractivity contribution in [2.45, 2.75) is 38.9 Å². The number of piperazine rings is 1. The number of aromatic nitrogens is 5. The smallest absolute Gasteiger partial charge is 0.250 e. The largest absolute Gasteiger partial charge is 0.364 e. The van der Waals surface area contributed by atoms with Crippen molar-refractivity contribution in [3.8, 4) is 0 Å². The summed E-state index contributed by atoms with van der Waals surface area (Å²) in [5.74, 6) is 0. The highest BCUT2D eigenvalue weighted by molar-refractivity contribution is 5.87. The van der Waals surface area contributed by atoms with E-state index in [0.29, 0.717) is 6.04 Å². The molecule has 0 amide bonds. The van der Waals surface area contributed by atoms with E-state index in [1.54, 1.807) is 24.7 Å². The van der Waals surface area contributed by atoms with Crippen LogP contribution in [-0.4, -0.2) is 55.2 Å². The lowest BCUT2D eigenvalue weighted by atomic mass is 10.00. The highest BCUT2D eigenvalue weighted by Crippen LogP contribution is 2.32. The predicted octanol–water partition coefficient (Wildman–Crippen LogP) is 2.85. The Morgan fingerprint density at radius 1 is 1.07 bits per heavy atom. The second kappa shape index (κ2) is 7.21. The van der Waals surface area contributed by atoms with Gasteiger partial charge in [-0.2, -0.15) is 5.10 Å². The van der Waals surface area contributed by atoms with Crippen molar-refractivity contribution in [2.24, 2.45) is 0 Å². The topological polar surface area (TPSA) is 93.8 Å². The van der Waals surface area contributed by atoms with E-state index in [1.807, 2.05) is 6.07 Å². The summed E-state index contributed by atoms with van der Waals surface area (Å²) >= 11 is 0. The third kappa shape index (κ3) is 3.13. The van der Waals surface area contributed by atoms with Crippen LogP contribution in [0, 0.1) is 0 Å². The molecule has 8 nitrogen and oxygen atoms in total. The zero-order valence-corrected chi connectivity index (χ0v) is 17.3. The zero-order valence-electron chi connectivity index (χ0n) is 17.3. The molecule has 4 heterocycles. The molecule has 0 unspecified atom stereocenters. The molecule has 0 saturated carbocycles. The lowest BCUT2D eigenvalue weighted by Gasteiger charge is -2.47. The average molecular weight is 403 g/mol. The molecular formula is C22H25N7O. The van der Waals surface area contributed by atoms with Gasteiger partial charge in [-0.3, -0.25) is 24.8 Å². The van der Waals surface area contributed by atoms with E-state index in [2.05, 4.69) is 67.9 Å². The third-order valence-electron chi connectivity index (χ3n) is 6.23. The lowest BCUT2D eigenvalue weighted by molar-refractivity contribution is 0.119. The number of hydrogen-bond acceptors (Lipinski definition) is 6. The lowest BCUT2D eigenvalue weighted by Crippen LogP contribution is -2.57. The second-order valence-corrected chi connectivity index (χ2v) is 8.19. The molecule has 154 valence electrons. The molecule has 1 aliphatic rings. The first-order valence-electron chi connectivity index (χ1n) is 10.3. The third-order valence-corrected chi connectivity index (χ3v) is 6.23. The molecule has 4 aromatic rings. The first kappa shape index (κ1) is 18.7. The van der Waals surface area contributed by atoms with E-state index < -0.39 is 0 Å². The van der Waals surface area contributed by atoms with Gasteiger partial charge in [-0.1, -0.05) is 6.07 Å². The molecule has 3 aromatic heterocycles. The molecule has 0 radical (unpaired) electrons. The molecule has 0 bridgehead atoms. The first-order chi connectivity index (χ1) is 14.5. The van der Waals surface area contributed by atoms with Crippen molar-refractivity contribution in [3.05, 3.63) is 58.8 Å². The van der Waals surface area contributed by atoms with Gasteiger partial charge in [0.1, 0.15) is 5.52 Å². The van der Waals surface area contributed by atoms with Gasteiger partial charge in [-0.05, 0) is 38.5 Å². The van der Waals surface area contributed by atoms with Gasteiger partial charge in [-0.25, -0.2) is 0 Å². The second-order valence-electron chi connectivity index (χ2n) is 8.19. The number of pyridine rings is 1. The Hall–Kier alpha value is -3.26. The number of fused-ring (bicyclic) bond motifs is 2. The van der Waals surface area contributed by atoms with Crippen LogP contribution in [0.1, 0.15) is 32.4 Å². The first-order valence-corrected chi connectivity index (χ1v) is 10.3. The maximum atomic E-state index is 12.2. The number of benzene rings is 1. The van der Waals surface area contributed by atoms with E-state index in [0.717, 1.165) is 40.8 Å². The van der Waals surface area contributed by atoms with E-state index in [-0.39, 0.29) is 17.6 Å². The van der Waals surface area contributed by atoms with Crippen molar-refractivity contribution >= 4 is 27.8 Å². The summed E-state index contributed by atoms with van der Waals surface area (Å²) in [6.45, 7) is 8.40. The minimum Gasteiger partial charge on any atom is -0.364 e. The summed E-state index contributed by atoms with van der Waals surface area (Å²) < 4.78 is 0. The summed E-state index contributed by atoms with van der Waals surface area (Å²) in [4.78, 5) is 28.6. The minimum atomic E-state index is -0.105. The van der Waals surface area contributed by atoms with Crippen LogP contribution in [-0.2, 0) is 0 Å². The Labute approximate surface area is 174 Å². The normalized spacial score (nSPS) is 21.4. The zero-order chi connectivity index (χ0) is 20.8. The summed E-state index contributed by atoms with van der Waals surface area (Å²) in [7, 11) is 0. The number of anilines is 1. The Bertz CT molecular complexity index is 1260. The standard InChI is InChI=1S/C22H25N7O/c1-13-12-29(20-9-21(30)26-19-10-25-27-22(19)20)14(2)11-28(13)15(3)16-4-5-17-18(8-16)24-7-6-23-17/h4-10,13-15H,11-12H2,1-3H3,(H,25,27)(H,26,30)/t13-,14+,15+/m1/s1. The van der Waals surface area contributed by atoms with Crippen molar-refractivity contribution in [2.75, 3.05) is 18.0 Å². The summed E-state index contributed by atoms with van der Waals surface area (Å²) in [5.41, 5.74) is 5.41. The summed E-state index contributed by atoms with van der Waals surface area (Å²) in [5, 5.41) is 7.23. The van der Waals surface area contributed by atoms with Gasteiger partial charge in [0, 0.05) is 55.9 Å². The van der Waals surface area contributed by atoms with Crippen LogP contribution in [0.2, 0.25) is 0 Å². The fourth-order valence-corrected chi connectivity index (χ4v) is 4.62. The van der Waals surface area contributed by atoms with Crippen LogP contribution in [0.5, 0.6) is 0 Å². The number of hydrogen-bond donors (Lipinski definition) is 2. The van der Waals surface area contributed by atoms with Gasteiger partial charge in [0.2, 0.25) is 0 Å². The van der Waals surface area contributed by atoms with Crippen molar-refractivity contribution < 1.29 is 0 Å². The highest BCUT2D eigenvalue weighted by atomic mass is 16.1. The molecule has 1 saturated heterocycles. The molecule has 2 N–H and O–H groups in total. The molecule has 1 fully saturated rings. The molecule has 0 aliphatic carbocycles.